The van der Waals surface area contributed by atoms with Gasteiger partial charge in [-0.05, 0) is 39.5 Å². The smallest absolute Gasteiger partial charge is 0.0710 e. The van der Waals surface area contributed by atoms with E-state index in [-0.39, 0.29) is 5.60 Å². The molecular weight excluding hydrogens is 294 g/mol. The van der Waals surface area contributed by atoms with Crippen LogP contribution in [0.15, 0.2) is 0 Å². The van der Waals surface area contributed by atoms with Crippen molar-refractivity contribution in [3.05, 3.63) is 0 Å². The molecule has 1 atom stereocenters. The summed E-state index contributed by atoms with van der Waals surface area (Å²) in [6.45, 7) is 8.67. The molecule has 0 N–H and O–H groups in total. The van der Waals surface area contributed by atoms with Crippen molar-refractivity contribution in [2.75, 3.05) is 31.6 Å². The van der Waals surface area contributed by atoms with Gasteiger partial charge in [0.25, 0.3) is 0 Å². The van der Waals surface area contributed by atoms with Gasteiger partial charge in [-0.3, -0.25) is 0 Å². The van der Waals surface area contributed by atoms with Gasteiger partial charge in [0.05, 0.1) is 24.4 Å². The normalized spacial score (nSPS) is 29.8. The first-order valence-corrected chi connectivity index (χ1v) is 8.29. The summed E-state index contributed by atoms with van der Waals surface area (Å²) in [5, 5.41) is 0.943. The van der Waals surface area contributed by atoms with Crippen molar-refractivity contribution in [2.45, 2.75) is 57.3 Å². The molecule has 0 saturated carbocycles. The first kappa shape index (κ1) is 14.8. The molecule has 2 saturated heterocycles. The highest BCUT2D eigenvalue weighted by Crippen LogP contribution is 2.30. The van der Waals surface area contributed by atoms with Crippen LogP contribution in [0.5, 0.6) is 0 Å². The van der Waals surface area contributed by atoms with E-state index in [2.05, 4.69) is 34.7 Å². The number of halogens is 1. The fourth-order valence-corrected chi connectivity index (χ4v) is 3.15. The molecule has 1 unspecified atom stereocenters. The summed E-state index contributed by atoms with van der Waals surface area (Å²) in [5.41, 5.74) is 0.0992. The highest BCUT2D eigenvalue weighted by molar-refractivity contribution is 9.09. The lowest BCUT2D eigenvalue weighted by Gasteiger charge is -2.33. The lowest BCUT2D eigenvalue weighted by molar-refractivity contribution is -0.0408. The molecule has 0 bridgehead atoms. The number of rotatable bonds is 5. The Kier molecular flexibility index (Phi) is 5.48. The standard InChI is InChI=1S/C14H26BrNO2/c1-14(2)6-3-13(18-14)11-16-8-4-12(5-9-16)17-10-7-15/h12-13H,3-11H2,1-2H3. The van der Waals surface area contributed by atoms with Gasteiger partial charge in [-0.2, -0.15) is 0 Å². The maximum Gasteiger partial charge on any atom is 0.0710 e. The average molecular weight is 320 g/mol. The second-order valence-electron chi connectivity index (χ2n) is 6.10. The van der Waals surface area contributed by atoms with Crippen LogP contribution in [-0.2, 0) is 9.47 Å². The van der Waals surface area contributed by atoms with Gasteiger partial charge in [-0.15, -0.1) is 0 Å². The molecule has 106 valence electrons. The van der Waals surface area contributed by atoms with Crippen LogP contribution in [-0.4, -0.2) is 54.3 Å². The van der Waals surface area contributed by atoms with Gasteiger partial charge >= 0.3 is 0 Å². The number of piperidine rings is 1. The molecule has 0 aliphatic carbocycles. The SMILES string of the molecule is CC1(C)CCC(CN2CCC(OCCBr)CC2)O1. The van der Waals surface area contributed by atoms with Gasteiger partial charge in [0.2, 0.25) is 0 Å². The summed E-state index contributed by atoms with van der Waals surface area (Å²) >= 11 is 3.41. The van der Waals surface area contributed by atoms with Crippen LogP contribution >= 0.6 is 15.9 Å². The molecular formula is C14H26BrNO2. The highest BCUT2D eigenvalue weighted by atomic mass is 79.9. The van der Waals surface area contributed by atoms with Crippen LogP contribution in [0.4, 0.5) is 0 Å². The van der Waals surface area contributed by atoms with Crippen LogP contribution in [0, 0.1) is 0 Å². The minimum atomic E-state index is 0.0992. The van der Waals surface area contributed by atoms with E-state index in [1.807, 2.05) is 0 Å². The van der Waals surface area contributed by atoms with Crippen molar-refractivity contribution in [3.8, 4) is 0 Å². The maximum absolute atomic E-state index is 6.06. The predicted octanol–water partition coefficient (Wildman–Crippen LogP) is 2.82. The Hall–Kier alpha value is 0.360. The van der Waals surface area contributed by atoms with Gasteiger partial charge in [0, 0.05) is 25.0 Å². The number of ether oxygens (including phenoxy) is 2. The van der Waals surface area contributed by atoms with Crippen molar-refractivity contribution in [1.29, 1.82) is 0 Å². The Labute approximate surface area is 119 Å². The van der Waals surface area contributed by atoms with Crippen molar-refractivity contribution >= 4 is 15.9 Å². The van der Waals surface area contributed by atoms with E-state index in [4.69, 9.17) is 9.47 Å². The number of likely N-dealkylation sites (tertiary alicyclic amines) is 1. The summed E-state index contributed by atoms with van der Waals surface area (Å²) in [7, 11) is 0. The first-order valence-electron chi connectivity index (χ1n) is 7.17. The third kappa shape index (κ3) is 4.48. The second kappa shape index (κ2) is 6.69. The molecule has 0 radical (unpaired) electrons. The van der Waals surface area contributed by atoms with Crippen LogP contribution in [0.2, 0.25) is 0 Å². The zero-order valence-corrected chi connectivity index (χ0v) is 13.2. The molecule has 3 nitrogen and oxygen atoms in total. The largest absolute Gasteiger partial charge is 0.377 e. The van der Waals surface area contributed by atoms with Gasteiger partial charge < -0.3 is 14.4 Å². The van der Waals surface area contributed by atoms with Crippen LogP contribution in [0.25, 0.3) is 0 Å². The Morgan fingerprint density at radius 1 is 1.28 bits per heavy atom. The molecule has 2 aliphatic rings. The third-order valence-electron chi connectivity index (χ3n) is 3.98. The van der Waals surface area contributed by atoms with Gasteiger partial charge in [0.15, 0.2) is 0 Å². The minimum Gasteiger partial charge on any atom is -0.377 e. The molecule has 0 aromatic carbocycles. The summed E-state index contributed by atoms with van der Waals surface area (Å²) in [4.78, 5) is 2.54. The lowest BCUT2D eigenvalue weighted by Crippen LogP contribution is -2.41. The average Bonchev–Trinajstić information content (AvgIpc) is 2.68. The van der Waals surface area contributed by atoms with E-state index >= 15 is 0 Å². The zero-order valence-electron chi connectivity index (χ0n) is 11.7. The van der Waals surface area contributed by atoms with Gasteiger partial charge in [-0.1, -0.05) is 15.9 Å². The van der Waals surface area contributed by atoms with E-state index in [0.29, 0.717) is 12.2 Å². The van der Waals surface area contributed by atoms with Crippen molar-refractivity contribution in [3.63, 3.8) is 0 Å². The molecule has 0 amide bonds. The molecule has 2 fully saturated rings. The van der Waals surface area contributed by atoms with Crippen LogP contribution in [0.3, 0.4) is 0 Å². The summed E-state index contributed by atoms with van der Waals surface area (Å²) in [6.07, 6.45) is 5.67. The van der Waals surface area contributed by atoms with E-state index in [1.54, 1.807) is 0 Å². The van der Waals surface area contributed by atoms with E-state index < -0.39 is 0 Å². The molecule has 18 heavy (non-hydrogen) atoms. The molecule has 4 heteroatoms. The number of hydrogen-bond acceptors (Lipinski definition) is 3. The van der Waals surface area contributed by atoms with Crippen LogP contribution < -0.4 is 0 Å². The van der Waals surface area contributed by atoms with Crippen molar-refractivity contribution in [1.82, 2.24) is 4.90 Å². The Balaban J connectivity index is 1.65. The summed E-state index contributed by atoms with van der Waals surface area (Å²) < 4.78 is 11.8. The van der Waals surface area contributed by atoms with Gasteiger partial charge in [-0.25, -0.2) is 0 Å². The number of nitrogens with zero attached hydrogens (tertiary/aromatic N) is 1. The molecule has 2 rings (SSSR count). The third-order valence-corrected chi connectivity index (χ3v) is 4.30. The van der Waals surface area contributed by atoms with Crippen molar-refractivity contribution in [2.24, 2.45) is 0 Å². The highest BCUT2D eigenvalue weighted by Gasteiger charge is 2.33. The topological polar surface area (TPSA) is 21.7 Å². The molecule has 0 aromatic heterocycles. The minimum absolute atomic E-state index is 0.0992. The monoisotopic (exact) mass is 319 g/mol. The van der Waals surface area contributed by atoms with Crippen LogP contribution in [0.1, 0.15) is 39.5 Å². The quantitative estimate of drug-likeness (QED) is 0.727. The summed E-state index contributed by atoms with van der Waals surface area (Å²) in [5.74, 6) is 0. The van der Waals surface area contributed by atoms with Crippen molar-refractivity contribution < 1.29 is 9.47 Å². The molecule has 2 aliphatic heterocycles. The molecule has 0 spiro atoms. The molecule has 2 heterocycles. The van der Waals surface area contributed by atoms with E-state index in [0.717, 1.165) is 31.6 Å². The molecule has 0 aromatic rings. The number of hydrogen-bond donors (Lipinski definition) is 0. The number of alkyl halides is 1. The van der Waals surface area contributed by atoms with E-state index in [9.17, 15) is 0 Å². The fourth-order valence-electron chi connectivity index (χ4n) is 2.96. The van der Waals surface area contributed by atoms with E-state index in [1.165, 1.54) is 25.7 Å². The zero-order chi connectivity index (χ0) is 13.0. The second-order valence-corrected chi connectivity index (χ2v) is 6.89. The maximum atomic E-state index is 6.06. The Bertz CT molecular complexity index is 252. The Morgan fingerprint density at radius 3 is 2.56 bits per heavy atom. The fraction of sp³-hybridized carbons (Fsp3) is 1.00. The van der Waals surface area contributed by atoms with Gasteiger partial charge in [0.1, 0.15) is 0 Å². The lowest BCUT2D eigenvalue weighted by atomic mass is 10.0. The first-order chi connectivity index (χ1) is 8.59. The Morgan fingerprint density at radius 2 is 2.00 bits per heavy atom. The predicted molar refractivity (Wildman–Crippen MR) is 77.4 cm³/mol. The summed E-state index contributed by atoms with van der Waals surface area (Å²) in [6, 6.07) is 0.